The number of Topliss-reactive ketones (excluding diaryl/α,β-unsaturated/α-hetero) is 1. The van der Waals surface area contributed by atoms with Gasteiger partial charge in [-0.2, -0.15) is 0 Å². The van der Waals surface area contributed by atoms with Gasteiger partial charge in [0.1, 0.15) is 6.04 Å². The highest BCUT2D eigenvalue weighted by molar-refractivity contribution is 6.04. The quantitative estimate of drug-likeness (QED) is 0.911. The second kappa shape index (κ2) is 5.79. The van der Waals surface area contributed by atoms with Gasteiger partial charge in [-0.3, -0.25) is 9.79 Å². The number of ketones is 1. The van der Waals surface area contributed by atoms with Crippen molar-refractivity contribution in [1.29, 1.82) is 0 Å². The number of fused-ring (bicyclic) bond motifs is 1. The number of allylic oxidation sites excluding steroid dienone is 2. The van der Waals surface area contributed by atoms with Gasteiger partial charge in [-0.1, -0.05) is 38.1 Å². The van der Waals surface area contributed by atoms with E-state index in [9.17, 15) is 4.79 Å². The highest BCUT2D eigenvalue weighted by Crippen LogP contribution is 2.29. The minimum Gasteiger partial charge on any atom is -0.396 e. The lowest BCUT2D eigenvalue weighted by atomic mass is 9.97. The SMILES string of the molecule is CC(C)c1ccc2c(c1)N(C1C=CC=C(N)C1=O)CCN=C2. The summed E-state index contributed by atoms with van der Waals surface area (Å²) < 4.78 is 0. The predicted molar refractivity (Wildman–Crippen MR) is 90.5 cm³/mol. The zero-order valence-electron chi connectivity index (χ0n) is 13.0. The van der Waals surface area contributed by atoms with Crippen LogP contribution in [0.15, 0.2) is 47.1 Å². The van der Waals surface area contributed by atoms with Gasteiger partial charge in [0.25, 0.3) is 0 Å². The number of aliphatic imine (C=N–C) groups is 1. The Bertz CT molecular complexity index is 686. The fourth-order valence-electron chi connectivity index (χ4n) is 2.87. The molecule has 22 heavy (non-hydrogen) atoms. The fourth-order valence-corrected chi connectivity index (χ4v) is 2.87. The van der Waals surface area contributed by atoms with Crippen LogP contribution in [-0.4, -0.2) is 31.1 Å². The lowest BCUT2D eigenvalue weighted by molar-refractivity contribution is -0.116. The molecule has 1 aromatic rings. The van der Waals surface area contributed by atoms with E-state index in [0.29, 0.717) is 24.7 Å². The zero-order valence-corrected chi connectivity index (χ0v) is 13.0. The van der Waals surface area contributed by atoms with Gasteiger partial charge in [-0.15, -0.1) is 0 Å². The summed E-state index contributed by atoms with van der Waals surface area (Å²) in [6.07, 6.45) is 7.34. The Morgan fingerprint density at radius 2 is 2.18 bits per heavy atom. The molecule has 2 N–H and O–H groups in total. The molecule has 4 heteroatoms. The Labute approximate surface area is 131 Å². The molecule has 0 amide bonds. The standard InChI is InChI=1S/C18H21N3O/c1-12(2)13-6-7-14-11-20-8-9-21(17(14)10-13)16-5-3-4-15(19)18(16)22/h3-7,10-12,16H,8-9,19H2,1-2H3. The Morgan fingerprint density at radius 3 is 2.95 bits per heavy atom. The highest BCUT2D eigenvalue weighted by atomic mass is 16.1. The number of benzodiazepines with no additional fused rings is 1. The predicted octanol–water partition coefficient (Wildman–Crippen LogP) is 2.40. The van der Waals surface area contributed by atoms with Crippen LogP contribution >= 0.6 is 0 Å². The van der Waals surface area contributed by atoms with Gasteiger partial charge in [0.05, 0.1) is 12.2 Å². The van der Waals surface area contributed by atoms with Crippen molar-refractivity contribution >= 4 is 17.7 Å². The van der Waals surface area contributed by atoms with Gasteiger partial charge in [0, 0.05) is 24.0 Å². The average Bonchev–Trinajstić information content (AvgIpc) is 2.71. The third kappa shape index (κ3) is 2.56. The van der Waals surface area contributed by atoms with E-state index >= 15 is 0 Å². The van der Waals surface area contributed by atoms with Crippen molar-refractivity contribution in [3.8, 4) is 0 Å². The van der Waals surface area contributed by atoms with Gasteiger partial charge in [-0.25, -0.2) is 0 Å². The number of rotatable bonds is 2. The first-order chi connectivity index (χ1) is 10.6. The maximum atomic E-state index is 12.4. The van der Waals surface area contributed by atoms with E-state index in [0.717, 1.165) is 11.3 Å². The Morgan fingerprint density at radius 1 is 1.36 bits per heavy atom. The van der Waals surface area contributed by atoms with Crippen LogP contribution in [0, 0.1) is 0 Å². The molecule has 1 heterocycles. The first-order valence-electron chi connectivity index (χ1n) is 7.66. The first-order valence-corrected chi connectivity index (χ1v) is 7.66. The molecule has 1 atom stereocenters. The maximum Gasteiger partial charge on any atom is 0.204 e. The number of nitrogens with two attached hydrogens (primary N) is 1. The van der Waals surface area contributed by atoms with Crippen molar-refractivity contribution in [2.75, 3.05) is 18.0 Å². The van der Waals surface area contributed by atoms with Crippen LogP contribution in [-0.2, 0) is 4.79 Å². The summed E-state index contributed by atoms with van der Waals surface area (Å²) in [5, 5.41) is 0. The molecule has 1 aliphatic carbocycles. The lowest BCUT2D eigenvalue weighted by Gasteiger charge is -2.32. The van der Waals surface area contributed by atoms with Crippen LogP contribution in [0.3, 0.4) is 0 Å². The molecule has 0 radical (unpaired) electrons. The molecule has 2 aliphatic rings. The van der Waals surface area contributed by atoms with Crippen LogP contribution in [0.5, 0.6) is 0 Å². The topological polar surface area (TPSA) is 58.7 Å². The second-order valence-corrected chi connectivity index (χ2v) is 6.02. The summed E-state index contributed by atoms with van der Waals surface area (Å²) in [6.45, 7) is 5.72. The molecule has 0 saturated heterocycles. The van der Waals surface area contributed by atoms with Gasteiger partial charge >= 0.3 is 0 Å². The summed E-state index contributed by atoms with van der Waals surface area (Å²) in [7, 11) is 0. The number of carbonyl (C=O) groups is 1. The number of hydrogen-bond donors (Lipinski definition) is 1. The number of benzene rings is 1. The minimum atomic E-state index is -0.340. The fraction of sp³-hybridized carbons (Fsp3) is 0.333. The normalized spacial score (nSPS) is 20.9. The second-order valence-electron chi connectivity index (χ2n) is 6.02. The summed E-state index contributed by atoms with van der Waals surface area (Å²) >= 11 is 0. The van der Waals surface area contributed by atoms with Gasteiger partial charge in [0.2, 0.25) is 5.78 Å². The molecular weight excluding hydrogens is 274 g/mol. The maximum absolute atomic E-state index is 12.4. The van der Waals surface area contributed by atoms with E-state index < -0.39 is 0 Å². The molecule has 1 aliphatic heterocycles. The molecule has 1 aromatic carbocycles. The Kier molecular flexibility index (Phi) is 3.84. The van der Waals surface area contributed by atoms with Gasteiger partial charge in [-0.05, 0) is 23.6 Å². The smallest absolute Gasteiger partial charge is 0.204 e. The summed E-state index contributed by atoms with van der Waals surface area (Å²) in [5.41, 5.74) is 9.51. The van der Waals surface area contributed by atoms with E-state index in [2.05, 4.69) is 41.9 Å². The van der Waals surface area contributed by atoms with Crippen LogP contribution in [0.2, 0.25) is 0 Å². The number of hydrogen-bond acceptors (Lipinski definition) is 4. The molecule has 0 saturated carbocycles. The highest BCUT2D eigenvalue weighted by Gasteiger charge is 2.29. The lowest BCUT2D eigenvalue weighted by Crippen LogP contribution is -2.44. The average molecular weight is 295 g/mol. The van der Waals surface area contributed by atoms with Crippen LogP contribution in [0.4, 0.5) is 5.69 Å². The zero-order chi connectivity index (χ0) is 15.7. The molecule has 4 nitrogen and oxygen atoms in total. The number of anilines is 1. The molecule has 0 aromatic heterocycles. The largest absolute Gasteiger partial charge is 0.396 e. The minimum absolute atomic E-state index is 0.0368. The Hall–Kier alpha value is -2.36. The molecule has 114 valence electrons. The third-order valence-corrected chi connectivity index (χ3v) is 4.19. The molecular formula is C18H21N3O. The van der Waals surface area contributed by atoms with Gasteiger partial charge < -0.3 is 10.6 Å². The number of nitrogens with zero attached hydrogens (tertiary/aromatic N) is 2. The van der Waals surface area contributed by atoms with Crippen molar-refractivity contribution in [2.24, 2.45) is 10.7 Å². The summed E-state index contributed by atoms with van der Waals surface area (Å²) in [6, 6.07) is 6.05. The number of carbonyl (C=O) groups excluding carboxylic acids is 1. The van der Waals surface area contributed by atoms with Crippen LogP contribution in [0.1, 0.15) is 30.9 Å². The van der Waals surface area contributed by atoms with E-state index in [1.165, 1.54) is 5.56 Å². The molecule has 3 rings (SSSR count). The van der Waals surface area contributed by atoms with Crippen molar-refractivity contribution in [1.82, 2.24) is 0 Å². The van der Waals surface area contributed by atoms with Crippen molar-refractivity contribution < 1.29 is 4.79 Å². The Balaban J connectivity index is 2.05. The molecule has 0 fully saturated rings. The van der Waals surface area contributed by atoms with Crippen molar-refractivity contribution in [2.45, 2.75) is 25.8 Å². The summed E-state index contributed by atoms with van der Waals surface area (Å²) in [5.74, 6) is 0.403. The van der Waals surface area contributed by atoms with Crippen molar-refractivity contribution in [3.63, 3.8) is 0 Å². The van der Waals surface area contributed by atoms with Crippen LogP contribution < -0.4 is 10.6 Å². The first kappa shape index (κ1) is 14.6. The van der Waals surface area contributed by atoms with E-state index in [-0.39, 0.29) is 11.8 Å². The van der Waals surface area contributed by atoms with E-state index in [1.807, 2.05) is 18.4 Å². The van der Waals surface area contributed by atoms with E-state index in [1.54, 1.807) is 6.08 Å². The summed E-state index contributed by atoms with van der Waals surface area (Å²) in [4.78, 5) is 19.0. The van der Waals surface area contributed by atoms with Crippen molar-refractivity contribution in [3.05, 3.63) is 53.3 Å². The van der Waals surface area contributed by atoms with Gasteiger partial charge in [0.15, 0.2) is 0 Å². The molecule has 0 bridgehead atoms. The monoisotopic (exact) mass is 295 g/mol. The van der Waals surface area contributed by atoms with E-state index in [4.69, 9.17) is 5.73 Å². The molecule has 0 spiro atoms. The molecule has 1 unspecified atom stereocenters. The van der Waals surface area contributed by atoms with Crippen LogP contribution in [0.25, 0.3) is 0 Å². The third-order valence-electron chi connectivity index (χ3n) is 4.19.